The number of hydrogen-bond donors (Lipinski definition) is 3. The Morgan fingerprint density at radius 3 is 2.45 bits per heavy atom. The zero-order valence-electron chi connectivity index (χ0n) is 11.8. The summed E-state index contributed by atoms with van der Waals surface area (Å²) in [5, 5.41) is 8.05. The van der Waals surface area contributed by atoms with Crippen LogP contribution in [0.15, 0.2) is 33.9 Å². The Labute approximate surface area is 125 Å². The predicted molar refractivity (Wildman–Crippen MR) is 81.3 cm³/mol. The number of nitrogens with one attached hydrogen (secondary N) is 3. The van der Waals surface area contributed by atoms with Crippen molar-refractivity contribution >= 4 is 17.3 Å². The lowest BCUT2D eigenvalue weighted by Crippen LogP contribution is -2.32. The van der Waals surface area contributed by atoms with Crippen LogP contribution in [0.3, 0.4) is 0 Å². The number of carbonyl (C=O) groups excluding carboxylic acids is 1. The molecule has 8 nitrogen and oxygen atoms in total. The van der Waals surface area contributed by atoms with Crippen LogP contribution in [0.1, 0.15) is 23.3 Å². The van der Waals surface area contributed by atoms with Crippen LogP contribution < -0.4 is 21.5 Å². The molecule has 0 spiro atoms. The van der Waals surface area contributed by atoms with E-state index in [1.807, 2.05) is 22.2 Å². The number of aromatic nitrogens is 3. The topological polar surface area (TPSA) is 111 Å². The van der Waals surface area contributed by atoms with E-state index in [0.717, 1.165) is 18.8 Å². The normalized spacial score (nSPS) is 14.1. The van der Waals surface area contributed by atoms with Gasteiger partial charge in [-0.2, -0.15) is 5.10 Å². The molecule has 0 saturated carbocycles. The Morgan fingerprint density at radius 2 is 1.82 bits per heavy atom. The van der Waals surface area contributed by atoms with Gasteiger partial charge in [0.05, 0.1) is 0 Å². The highest BCUT2D eigenvalue weighted by Crippen LogP contribution is 2.22. The molecule has 0 radical (unpaired) electrons. The molecule has 1 aromatic heterocycles. The van der Waals surface area contributed by atoms with Crippen molar-refractivity contribution in [2.75, 3.05) is 23.3 Å². The largest absolute Gasteiger partial charge is 0.372 e. The average Bonchev–Trinajstić information content (AvgIpc) is 3.02. The number of benzene rings is 1. The van der Waals surface area contributed by atoms with Crippen molar-refractivity contribution in [3.05, 3.63) is 50.8 Å². The first kappa shape index (κ1) is 14.1. The van der Waals surface area contributed by atoms with Gasteiger partial charge in [0.25, 0.3) is 11.5 Å². The maximum atomic E-state index is 12.0. The molecule has 1 fully saturated rings. The van der Waals surface area contributed by atoms with Crippen LogP contribution >= 0.6 is 0 Å². The van der Waals surface area contributed by atoms with Crippen molar-refractivity contribution < 1.29 is 4.79 Å². The van der Waals surface area contributed by atoms with Crippen LogP contribution in [-0.4, -0.2) is 34.2 Å². The van der Waals surface area contributed by atoms with E-state index >= 15 is 0 Å². The monoisotopic (exact) mass is 301 g/mol. The number of H-pyrrole nitrogens is 2. The molecule has 8 heteroatoms. The molecule has 1 amide bonds. The van der Waals surface area contributed by atoms with Crippen molar-refractivity contribution in [1.82, 2.24) is 15.2 Å². The smallest absolute Gasteiger partial charge is 0.342 e. The van der Waals surface area contributed by atoms with E-state index in [1.165, 1.54) is 12.8 Å². The van der Waals surface area contributed by atoms with E-state index in [-0.39, 0.29) is 5.69 Å². The van der Waals surface area contributed by atoms with Gasteiger partial charge < -0.3 is 10.2 Å². The van der Waals surface area contributed by atoms with Crippen molar-refractivity contribution in [1.29, 1.82) is 0 Å². The molecule has 2 aromatic rings. The number of amides is 1. The molecule has 1 saturated heterocycles. The molecular formula is C14H15N5O3. The highest BCUT2D eigenvalue weighted by atomic mass is 16.2. The minimum atomic E-state index is -0.824. The Kier molecular flexibility index (Phi) is 3.73. The Hall–Kier alpha value is -2.90. The van der Waals surface area contributed by atoms with Gasteiger partial charge in [-0.25, -0.2) is 9.89 Å². The van der Waals surface area contributed by atoms with Crippen LogP contribution in [0.25, 0.3) is 0 Å². The fraction of sp³-hybridized carbons (Fsp3) is 0.286. The van der Waals surface area contributed by atoms with Crippen LogP contribution in [0, 0.1) is 0 Å². The highest BCUT2D eigenvalue weighted by Gasteiger charge is 2.14. The summed E-state index contributed by atoms with van der Waals surface area (Å²) in [6.45, 7) is 2.09. The number of aromatic amines is 2. The van der Waals surface area contributed by atoms with Gasteiger partial charge >= 0.3 is 5.69 Å². The van der Waals surface area contributed by atoms with Crippen LogP contribution in [-0.2, 0) is 0 Å². The summed E-state index contributed by atoms with van der Waals surface area (Å²) in [4.78, 5) is 38.6. The minimum absolute atomic E-state index is 0.386. The molecule has 0 bridgehead atoms. The van der Waals surface area contributed by atoms with Gasteiger partial charge in [-0.15, -0.1) is 0 Å². The minimum Gasteiger partial charge on any atom is -0.372 e. The molecule has 0 aliphatic carbocycles. The summed E-state index contributed by atoms with van der Waals surface area (Å²) in [5.74, 6) is -0.675. The Bertz CT molecular complexity index is 787. The Balaban J connectivity index is 1.73. The van der Waals surface area contributed by atoms with E-state index in [2.05, 4.69) is 15.3 Å². The number of anilines is 2. The second-order valence-electron chi connectivity index (χ2n) is 5.05. The van der Waals surface area contributed by atoms with Crippen molar-refractivity contribution in [3.63, 3.8) is 0 Å². The highest BCUT2D eigenvalue weighted by molar-refractivity contribution is 6.02. The van der Waals surface area contributed by atoms with Gasteiger partial charge in [0.2, 0.25) is 5.69 Å². The quantitative estimate of drug-likeness (QED) is 0.755. The van der Waals surface area contributed by atoms with Crippen molar-refractivity contribution in [2.24, 2.45) is 0 Å². The SMILES string of the molecule is O=C(Nc1ccc(N2CCCC2)cc1)c1n[nH]c(=O)[nH]c1=O. The standard InChI is InChI=1S/C14H15N5O3/c20-12(11-13(21)16-14(22)18-17-11)15-9-3-5-10(6-4-9)19-7-1-2-8-19/h3-6H,1-2,7-8H2,(H,15,20)(H2,16,18,21,22). The first-order chi connectivity index (χ1) is 10.6. The number of rotatable bonds is 3. The third-order valence-corrected chi connectivity index (χ3v) is 3.52. The van der Waals surface area contributed by atoms with E-state index in [9.17, 15) is 14.4 Å². The number of nitrogens with zero attached hydrogens (tertiary/aromatic N) is 2. The third-order valence-electron chi connectivity index (χ3n) is 3.52. The maximum Gasteiger partial charge on any atom is 0.342 e. The van der Waals surface area contributed by atoms with Crippen molar-refractivity contribution in [2.45, 2.75) is 12.8 Å². The number of carbonyl (C=O) groups is 1. The molecule has 0 unspecified atom stereocenters. The molecule has 1 aliphatic rings. The Morgan fingerprint density at radius 1 is 1.14 bits per heavy atom. The summed E-state index contributed by atoms with van der Waals surface area (Å²) >= 11 is 0. The second-order valence-corrected chi connectivity index (χ2v) is 5.05. The van der Waals surface area contributed by atoms with E-state index < -0.39 is 17.2 Å². The van der Waals surface area contributed by atoms with Gasteiger partial charge in [0.1, 0.15) is 0 Å². The molecule has 2 heterocycles. The molecule has 3 N–H and O–H groups in total. The lowest BCUT2D eigenvalue weighted by atomic mass is 10.2. The first-order valence-corrected chi connectivity index (χ1v) is 6.99. The molecule has 22 heavy (non-hydrogen) atoms. The summed E-state index contributed by atoms with van der Waals surface area (Å²) in [6.07, 6.45) is 2.39. The van der Waals surface area contributed by atoms with Crippen LogP contribution in [0.5, 0.6) is 0 Å². The van der Waals surface area contributed by atoms with Gasteiger partial charge in [-0.3, -0.25) is 14.6 Å². The maximum absolute atomic E-state index is 12.0. The summed E-state index contributed by atoms with van der Waals surface area (Å²) < 4.78 is 0. The van der Waals surface area contributed by atoms with Crippen molar-refractivity contribution in [3.8, 4) is 0 Å². The lowest BCUT2D eigenvalue weighted by molar-refractivity contribution is 0.101. The van der Waals surface area contributed by atoms with Gasteiger partial charge in [-0.05, 0) is 37.1 Å². The molecule has 0 atom stereocenters. The summed E-state index contributed by atoms with van der Waals surface area (Å²) in [7, 11) is 0. The molecular weight excluding hydrogens is 286 g/mol. The van der Waals surface area contributed by atoms with E-state index in [1.54, 1.807) is 12.1 Å². The van der Waals surface area contributed by atoms with E-state index in [0.29, 0.717) is 5.69 Å². The van der Waals surface area contributed by atoms with Gasteiger partial charge in [-0.1, -0.05) is 0 Å². The lowest BCUT2D eigenvalue weighted by Gasteiger charge is -2.17. The van der Waals surface area contributed by atoms with Crippen LogP contribution in [0.2, 0.25) is 0 Å². The molecule has 114 valence electrons. The fourth-order valence-corrected chi connectivity index (χ4v) is 2.42. The van der Waals surface area contributed by atoms with Gasteiger partial charge in [0.15, 0.2) is 0 Å². The second kappa shape index (κ2) is 5.84. The predicted octanol–water partition coefficient (Wildman–Crippen LogP) is 0.311. The molecule has 3 rings (SSSR count). The number of hydrogen-bond acceptors (Lipinski definition) is 5. The van der Waals surface area contributed by atoms with Crippen LogP contribution in [0.4, 0.5) is 11.4 Å². The average molecular weight is 301 g/mol. The van der Waals surface area contributed by atoms with Gasteiger partial charge in [0, 0.05) is 24.5 Å². The molecule has 1 aliphatic heterocycles. The zero-order valence-corrected chi connectivity index (χ0v) is 11.8. The first-order valence-electron chi connectivity index (χ1n) is 6.99. The summed E-state index contributed by atoms with van der Waals surface area (Å²) in [6, 6.07) is 7.38. The van der Waals surface area contributed by atoms with E-state index in [4.69, 9.17) is 0 Å². The molecule has 1 aromatic carbocycles. The zero-order chi connectivity index (χ0) is 15.5. The fourth-order valence-electron chi connectivity index (χ4n) is 2.42. The summed E-state index contributed by atoms with van der Waals surface area (Å²) in [5.41, 5.74) is -0.300. The third kappa shape index (κ3) is 2.90.